The number of amides is 3. The molecule has 3 aromatic rings. The summed E-state index contributed by atoms with van der Waals surface area (Å²) in [6.45, 7) is 5.50. The Bertz CT molecular complexity index is 1340. The Hall–Kier alpha value is -3.72. The summed E-state index contributed by atoms with van der Waals surface area (Å²) in [6.07, 6.45) is 5.99. The van der Waals surface area contributed by atoms with Gasteiger partial charge in [-0.25, -0.2) is 4.79 Å². The number of nitrogens with zero attached hydrogens (tertiary/aromatic N) is 2. The van der Waals surface area contributed by atoms with Crippen LogP contribution in [0.5, 0.6) is 0 Å². The Morgan fingerprint density at radius 3 is 2.29 bits per heavy atom. The molecule has 8 nitrogen and oxygen atoms in total. The molecule has 4 rings (SSSR count). The first-order chi connectivity index (χ1) is 16.5. The van der Waals surface area contributed by atoms with Crippen LogP contribution >= 0.6 is 12.2 Å². The third kappa shape index (κ3) is 5.26. The van der Waals surface area contributed by atoms with E-state index in [1.54, 1.807) is 48.5 Å². The molecule has 3 N–H and O–H groups in total. The molecule has 0 aliphatic carbocycles. The van der Waals surface area contributed by atoms with E-state index in [1.807, 2.05) is 4.90 Å². The molecule has 3 amide bonds. The van der Waals surface area contributed by atoms with Gasteiger partial charge < -0.3 is 20.5 Å². The van der Waals surface area contributed by atoms with Crippen LogP contribution in [0.4, 0.5) is 16.2 Å². The molecule has 2 heterocycles. The summed E-state index contributed by atoms with van der Waals surface area (Å²) >= 11 is 5.26. The normalized spacial score (nSPS) is 13.8. The van der Waals surface area contributed by atoms with Crippen molar-refractivity contribution in [2.45, 2.75) is 32.2 Å². The number of benzene rings is 2. The van der Waals surface area contributed by atoms with Crippen LogP contribution in [0.1, 0.15) is 36.0 Å². The Balaban J connectivity index is 1.44. The number of rotatable bonds is 5. The van der Waals surface area contributed by atoms with Gasteiger partial charge in [-0.05, 0) is 67.5 Å². The van der Waals surface area contributed by atoms with Crippen LogP contribution in [-0.2, 0) is 6.54 Å². The lowest BCUT2D eigenvalue weighted by atomic mass is 10.1. The Morgan fingerprint density at radius 2 is 1.65 bits per heavy atom. The molecule has 1 aliphatic rings. The van der Waals surface area contributed by atoms with E-state index in [2.05, 4.69) is 22.2 Å². The van der Waals surface area contributed by atoms with Crippen molar-refractivity contribution < 1.29 is 9.59 Å². The van der Waals surface area contributed by atoms with Gasteiger partial charge in [0, 0.05) is 36.6 Å². The van der Waals surface area contributed by atoms with E-state index in [0.29, 0.717) is 34.4 Å². The van der Waals surface area contributed by atoms with Crippen molar-refractivity contribution >= 4 is 46.4 Å². The van der Waals surface area contributed by atoms with Gasteiger partial charge in [-0.2, -0.15) is 0 Å². The van der Waals surface area contributed by atoms with E-state index in [4.69, 9.17) is 12.2 Å². The van der Waals surface area contributed by atoms with Crippen molar-refractivity contribution in [1.82, 2.24) is 14.5 Å². The molecule has 0 radical (unpaired) electrons. The number of likely N-dealkylation sites (tertiary alicyclic amines) is 1. The minimum Gasteiger partial charge on any atom is -0.332 e. The fourth-order valence-electron chi connectivity index (χ4n) is 4.01. The molecule has 176 valence electrons. The Kier molecular flexibility index (Phi) is 7.22. The molecule has 0 saturated carbocycles. The molecular formula is C25H27N5O3S. The van der Waals surface area contributed by atoms with Gasteiger partial charge in [0.05, 0.1) is 10.9 Å². The topological polar surface area (TPSA) is 99.2 Å². The van der Waals surface area contributed by atoms with Crippen LogP contribution < -0.4 is 16.2 Å². The maximum atomic E-state index is 12.8. The van der Waals surface area contributed by atoms with Gasteiger partial charge >= 0.3 is 6.03 Å². The first kappa shape index (κ1) is 23.4. The zero-order valence-electron chi connectivity index (χ0n) is 18.8. The molecule has 34 heavy (non-hydrogen) atoms. The highest BCUT2D eigenvalue weighted by molar-refractivity contribution is 7.71. The number of hydrogen-bond donors (Lipinski definition) is 3. The number of aromatic amines is 1. The Morgan fingerprint density at radius 1 is 1.00 bits per heavy atom. The van der Waals surface area contributed by atoms with E-state index in [0.717, 1.165) is 38.8 Å². The third-order valence-electron chi connectivity index (χ3n) is 5.84. The molecule has 1 aliphatic heterocycles. The lowest BCUT2D eigenvalue weighted by molar-refractivity contribution is 0.102. The van der Waals surface area contributed by atoms with Crippen LogP contribution in [-0.4, -0.2) is 39.5 Å². The number of anilines is 2. The molecular weight excluding hydrogens is 450 g/mol. The number of fused-ring (bicyclic) bond motifs is 1. The maximum Gasteiger partial charge on any atom is 0.321 e. The fourth-order valence-corrected chi connectivity index (χ4v) is 4.27. The SMILES string of the molecule is C=CCn1c(=S)[nH]c2cc(C(=O)Nc3ccc(NC(=O)N4CCCCCC4)cc3)ccc2c1=O. The molecule has 1 aromatic heterocycles. The maximum absolute atomic E-state index is 12.8. The van der Waals surface area contributed by atoms with Gasteiger partial charge in [0.2, 0.25) is 0 Å². The third-order valence-corrected chi connectivity index (χ3v) is 6.17. The number of urea groups is 1. The summed E-state index contributed by atoms with van der Waals surface area (Å²) in [5.41, 5.74) is 1.91. The summed E-state index contributed by atoms with van der Waals surface area (Å²) < 4.78 is 1.69. The van der Waals surface area contributed by atoms with E-state index in [1.165, 1.54) is 4.57 Å². The number of hydrogen-bond acceptors (Lipinski definition) is 4. The van der Waals surface area contributed by atoms with Crippen LogP contribution in [0.25, 0.3) is 10.9 Å². The first-order valence-corrected chi connectivity index (χ1v) is 11.7. The van der Waals surface area contributed by atoms with Crippen LogP contribution in [0.2, 0.25) is 0 Å². The van der Waals surface area contributed by atoms with Gasteiger partial charge in [0.25, 0.3) is 11.5 Å². The highest BCUT2D eigenvalue weighted by Crippen LogP contribution is 2.18. The minimum atomic E-state index is -0.321. The van der Waals surface area contributed by atoms with Crippen molar-refractivity contribution in [2.75, 3.05) is 23.7 Å². The number of allylic oxidation sites excluding steroid dienone is 1. The molecule has 9 heteroatoms. The van der Waals surface area contributed by atoms with Crippen molar-refractivity contribution in [3.8, 4) is 0 Å². The van der Waals surface area contributed by atoms with E-state index in [9.17, 15) is 14.4 Å². The van der Waals surface area contributed by atoms with Crippen molar-refractivity contribution in [3.63, 3.8) is 0 Å². The number of aromatic nitrogens is 2. The lowest BCUT2D eigenvalue weighted by Crippen LogP contribution is -2.35. The largest absolute Gasteiger partial charge is 0.332 e. The summed E-state index contributed by atoms with van der Waals surface area (Å²) in [6, 6.07) is 11.7. The van der Waals surface area contributed by atoms with E-state index in [-0.39, 0.29) is 22.3 Å². The summed E-state index contributed by atoms with van der Waals surface area (Å²) in [5, 5.41) is 6.20. The van der Waals surface area contributed by atoms with Crippen molar-refractivity contribution in [3.05, 3.63) is 75.8 Å². The monoisotopic (exact) mass is 477 g/mol. The molecule has 0 bridgehead atoms. The second-order valence-corrected chi connectivity index (χ2v) is 8.64. The van der Waals surface area contributed by atoms with Gasteiger partial charge in [-0.3, -0.25) is 14.2 Å². The minimum absolute atomic E-state index is 0.0978. The molecule has 1 saturated heterocycles. The highest BCUT2D eigenvalue weighted by atomic mass is 32.1. The zero-order valence-corrected chi connectivity index (χ0v) is 19.6. The molecule has 0 atom stereocenters. The van der Waals surface area contributed by atoms with Crippen molar-refractivity contribution in [2.24, 2.45) is 0 Å². The fraction of sp³-hybridized carbons (Fsp3) is 0.280. The van der Waals surface area contributed by atoms with Crippen molar-refractivity contribution in [1.29, 1.82) is 0 Å². The molecule has 0 unspecified atom stereocenters. The quantitative estimate of drug-likeness (QED) is 0.359. The van der Waals surface area contributed by atoms with Gasteiger partial charge in [-0.15, -0.1) is 6.58 Å². The molecule has 2 aromatic carbocycles. The molecule has 1 fully saturated rings. The van der Waals surface area contributed by atoms with E-state index < -0.39 is 0 Å². The number of carbonyl (C=O) groups excluding carboxylic acids is 2. The van der Waals surface area contributed by atoms with Gasteiger partial charge in [0.15, 0.2) is 4.77 Å². The Labute approximate surface area is 202 Å². The lowest BCUT2D eigenvalue weighted by Gasteiger charge is -2.20. The number of H-pyrrole nitrogens is 1. The van der Waals surface area contributed by atoms with Crippen LogP contribution in [0.15, 0.2) is 59.9 Å². The average molecular weight is 478 g/mol. The predicted molar refractivity (Wildman–Crippen MR) is 137 cm³/mol. The summed E-state index contributed by atoms with van der Waals surface area (Å²) in [7, 11) is 0. The standard InChI is InChI=1S/C25H27N5O3S/c1-2-13-30-23(32)20-12-7-17(16-21(20)28-25(30)34)22(31)26-18-8-10-19(11-9-18)27-24(33)29-14-5-3-4-6-15-29/h2,7-12,16H,1,3-6,13-15H2,(H,26,31)(H,27,33)(H,28,34). The second kappa shape index (κ2) is 10.5. The average Bonchev–Trinajstić information content (AvgIpc) is 3.12. The predicted octanol–water partition coefficient (Wildman–Crippen LogP) is 4.91. The number of nitrogens with one attached hydrogen (secondary N) is 3. The first-order valence-electron chi connectivity index (χ1n) is 11.3. The van der Waals surface area contributed by atoms with Gasteiger partial charge in [-0.1, -0.05) is 18.9 Å². The summed E-state index contributed by atoms with van der Waals surface area (Å²) in [4.78, 5) is 42.7. The van der Waals surface area contributed by atoms with Gasteiger partial charge in [0.1, 0.15) is 0 Å². The number of carbonyl (C=O) groups is 2. The smallest absolute Gasteiger partial charge is 0.321 e. The second-order valence-electron chi connectivity index (χ2n) is 8.26. The highest BCUT2D eigenvalue weighted by Gasteiger charge is 2.15. The van der Waals surface area contributed by atoms with Crippen LogP contribution in [0, 0.1) is 4.77 Å². The molecule has 0 spiro atoms. The summed E-state index contributed by atoms with van der Waals surface area (Å²) in [5.74, 6) is -0.321. The van der Waals surface area contributed by atoms with E-state index >= 15 is 0 Å². The van der Waals surface area contributed by atoms with Crippen LogP contribution in [0.3, 0.4) is 0 Å². The zero-order chi connectivity index (χ0) is 24.1.